The third-order valence-electron chi connectivity index (χ3n) is 8.58. The summed E-state index contributed by atoms with van der Waals surface area (Å²) in [4.78, 5) is 9.65. The largest absolute Gasteiger partial charge is 0.255 e. The summed E-state index contributed by atoms with van der Waals surface area (Å²) in [6.07, 6.45) is 39.5. The Labute approximate surface area is 292 Å². The van der Waals surface area contributed by atoms with Crippen LogP contribution < -0.4 is 0 Å². The normalized spacial score (nSPS) is 11.9. The minimum absolute atomic E-state index is 0. The molecule has 2 aromatic rings. The van der Waals surface area contributed by atoms with Gasteiger partial charge in [0, 0.05) is 26.6 Å². The first kappa shape index (κ1) is 41.2. The first-order chi connectivity index (χ1) is 21.8. The second-order valence-electron chi connectivity index (χ2n) is 12.8. The van der Waals surface area contributed by atoms with Crippen molar-refractivity contribution in [2.45, 2.75) is 168 Å². The maximum Gasteiger partial charge on any atom is 0.0639 e. The van der Waals surface area contributed by atoms with Gasteiger partial charge in [0.2, 0.25) is 0 Å². The predicted octanol–water partition coefficient (Wildman–Crippen LogP) is 14.6. The number of para-hydroxylation sites is 1. The summed E-state index contributed by atoms with van der Waals surface area (Å²) in [5, 5.41) is 0. The van der Waals surface area contributed by atoms with Gasteiger partial charge in [-0.3, -0.25) is 9.98 Å². The summed E-state index contributed by atoms with van der Waals surface area (Å²) in [6.45, 7) is 4.54. The van der Waals surface area contributed by atoms with Crippen LogP contribution in [0.2, 0.25) is 0 Å². The molecule has 0 saturated heterocycles. The molecule has 2 rings (SSSR count). The molecule has 3 heteroatoms. The number of nitrogens with zero attached hydrogens (tertiary/aromatic N) is 2. The van der Waals surface area contributed by atoms with Crippen LogP contribution in [0.5, 0.6) is 0 Å². The number of allylic oxidation sites excluding steroid dienone is 1. The molecule has 0 radical (unpaired) electrons. The topological polar surface area (TPSA) is 24.7 Å². The van der Waals surface area contributed by atoms with Gasteiger partial charge in [0.15, 0.2) is 0 Å². The molecule has 2 aromatic carbocycles. The average Bonchev–Trinajstić information content (AvgIpc) is 3.05. The van der Waals surface area contributed by atoms with Crippen LogP contribution in [0.3, 0.4) is 0 Å². The Morgan fingerprint density at radius 1 is 0.533 bits per heavy atom. The van der Waals surface area contributed by atoms with Gasteiger partial charge in [-0.25, -0.2) is 0 Å². The van der Waals surface area contributed by atoms with Gasteiger partial charge in [-0.1, -0.05) is 185 Å². The first-order valence-corrected chi connectivity index (χ1v) is 18.7. The molecule has 0 heterocycles. The Morgan fingerprint density at radius 2 is 1.02 bits per heavy atom. The number of benzene rings is 2. The van der Waals surface area contributed by atoms with E-state index in [-0.39, 0.29) is 20.4 Å². The summed E-state index contributed by atoms with van der Waals surface area (Å²) >= 11 is 0. The molecule has 0 spiro atoms. The van der Waals surface area contributed by atoms with E-state index in [1.54, 1.807) is 0 Å². The Morgan fingerprint density at radius 3 is 1.58 bits per heavy atom. The Balaban J connectivity index is 0.0000101. The summed E-state index contributed by atoms with van der Waals surface area (Å²) in [7, 11) is 0. The van der Waals surface area contributed by atoms with Gasteiger partial charge in [0.05, 0.1) is 17.1 Å². The molecule has 45 heavy (non-hydrogen) atoms. The maximum atomic E-state index is 4.98. The molecule has 0 fully saturated rings. The van der Waals surface area contributed by atoms with E-state index in [9.17, 15) is 0 Å². The van der Waals surface area contributed by atoms with Crippen LogP contribution in [0.15, 0.2) is 70.7 Å². The van der Waals surface area contributed by atoms with Crippen LogP contribution in [0.1, 0.15) is 174 Å². The van der Waals surface area contributed by atoms with E-state index in [0.29, 0.717) is 0 Å². The average molecular weight is 705 g/mol. The van der Waals surface area contributed by atoms with Crippen molar-refractivity contribution in [1.29, 1.82) is 0 Å². The number of aliphatic imine (C=N–C) groups is 2. The van der Waals surface area contributed by atoms with E-state index in [0.717, 1.165) is 29.9 Å². The molecular weight excluding hydrogens is 639 g/mol. The monoisotopic (exact) mass is 704 g/mol. The number of rotatable bonds is 28. The first-order valence-electron chi connectivity index (χ1n) is 18.7. The summed E-state index contributed by atoms with van der Waals surface area (Å²) < 4.78 is 0. The van der Waals surface area contributed by atoms with Crippen molar-refractivity contribution >= 4 is 29.4 Å². The fourth-order valence-corrected chi connectivity index (χ4v) is 5.79. The van der Waals surface area contributed by atoms with E-state index in [1.165, 1.54) is 147 Å². The van der Waals surface area contributed by atoms with Crippen molar-refractivity contribution in [2.75, 3.05) is 0 Å². The fourth-order valence-electron chi connectivity index (χ4n) is 5.79. The zero-order chi connectivity index (χ0) is 31.2. The van der Waals surface area contributed by atoms with Crippen molar-refractivity contribution in [3.63, 3.8) is 0 Å². The van der Waals surface area contributed by atoms with Crippen molar-refractivity contribution in [1.82, 2.24) is 0 Å². The van der Waals surface area contributed by atoms with Crippen LogP contribution in [-0.4, -0.2) is 11.9 Å². The fraction of sp³-hybridized carbons (Fsp3) is 0.619. The minimum atomic E-state index is 0. The number of unbranched alkanes of at least 4 members (excludes halogenated alkanes) is 21. The van der Waals surface area contributed by atoms with E-state index >= 15 is 0 Å². The molecule has 0 aliphatic heterocycles. The predicted molar refractivity (Wildman–Crippen MR) is 199 cm³/mol. The molecule has 0 aliphatic carbocycles. The standard InChI is InChI=1S/C42H66N2.Pd/c1-3-5-7-8-9-10-11-12-13-14-15-16-17-18-19-20-21-22-23-24-27-31-39-32-30-36-41(37-39)44-42(35-26-6-4-2)38-43-40-33-28-25-29-34-40;/h25,27-34,36-38H,3-24,26,35H2,1-2H3;/b31-27+,43-38?,44-42?;. The Kier molecular flexibility index (Phi) is 28.2. The molecular formula is C42H66N2Pd. The van der Waals surface area contributed by atoms with E-state index in [1.807, 2.05) is 36.5 Å². The molecule has 0 bridgehead atoms. The molecule has 0 N–H and O–H groups in total. The van der Waals surface area contributed by atoms with Gasteiger partial charge in [0.25, 0.3) is 0 Å². The second kappa shape index (κ2) is 30.8. The van der Waals surface area contributed by atoms with Crippen LogP contribution in [0, 0.1) is 0 Å². The van der Waals surface area contributed by atoms with Gasteiger partial charge >= 0.3 is 0 Å². The third kappa shape index (κ3) is 24.1. The molecule has 0 saturated carbocycles. The van der Waals surface area contributed by atoms with E-state index in [2.05, 4.69) is 55.3 Å². The quantitative estimate of drug-likeness (QED) is 0.0478. The van der Waals surface area contributed by atoms with Crippen molar-refractivity contribution in [3.05, 3.63) is 66.2 Å². The van der Waals surface area contributed by atoms with Gasteiger partial charge in [0.1, 0.15) is 0 Å². The minimum Gasteiger partial charge on any atom is -0.255 e. The van der Waals surface area contributed by atoms with Gasteiger partial charge in [-0.05, 0) is 55.5 Å². The van der Waals surface area contributed by atoms with Crippen molar-refractivity contribution in [2.24, 2.45) is 9.98 Å². The molecule has 0 aromatic heterocycles. The summed E-state index contributed by atoms with van der Waals surface area (Å²) in [6, 6.07) is 18.7. The zero-order valence-corrected chi connectivity index (χ0v) is 30.7. The summed E-state index contributed by atoms with van der Waals surface area (Å²) in [5.74, 6) is 0. The summed E-state index contributed by atoms with van der Waals surface area (Å²) in [5.41, 5.74) is 4.28. The molecule has 0 atom stereocenters. The Bertz CT molecular complexity index is 1010. The van der Waals surface area contributed by atoms with Crippen molar-refractivity contribution in [3.8, 4) is 0 Å². The smallest absolute Gasteiger partial charge is 0.0639 e. The number of hydrogen-bond donors (Lipinski definition) is 0. The van der Waals surface area contributed by atoms with Crippen LogP contribution in [0.25, 0.3) is 6.08 Å². The van der Waals surface area contributed by atoms with Gasteiger partial charge in [-0.2, -0.15) is 0 Å². The van der Waals surface area contributed by atoms with Gasteiger partial charge < -0.3 is 0 Å². The van der Waals surface area contributed by atoms with Crippen LogP contribution in [0.4, 0.5) is 11.4 Å². The number of hydrogen-bond acceptors (Lipinski definition) is 2. The third-order valence-corrected chi connectivity index (χ3v) is 8.58. The van der Waals surface area contributed by atoms with E-state index < -0.39 is 0 Å². The van der Waals surface area contributed by atoms with Crippen LogP contribution >= 0.6 is 0 Å². The Hall–Kier alpha value is -1.82. The van der Waals surface area contributed by atoms with Crippen molar-refractivity contribution < 1.29 is 20.4 Å². The molecule has 254 valence electrons. The SMILES string of the molecule is CCCCCCCCCCCCCCCCCCCCC/C=C/c1cccc(N=C(C=Nc2ccccc2)CCCCC)c1.[Pd]. The van der Waals surface area contributed by atoms with E-state index in [4.69, 9.17) is 4.99 Å². The van der Waals surface area contributed by atoms with Gasteiger partial charge in [-0.15, -0.1) is 0 Å². The molecule has 0 amide bonds. The molecule has 2 nitrogen and oxygen atoms in total. The maximum absolute atomic E-state index is 4.98. The second-order valence-corrected chi connectivity index (χ2v) is 12.8. The van der Waals surface area contributed by atoms with Crippen LogP contribution in [-0.2, 0) is 20.4 Å². The molecule has 0 unspecified atom stereocenters. The molecule has 0 aliphatic rings. The zero-order valence-electron chi connectivity index (χ0n) is 29.1.